The SMILES string of the molecule is CCC(NC(CC)c1ccccc1)C(N)=NO. The average Bonchev–Trinajstić information content (AvgIpc) is 2.40. The molecule has 0 aliphatic heterocycles. The lowest BCUT2D eigenvalue weighted by molar-refractivity contribution is 0.313. The fourth-order valence-electron chi connectivity index (χ4n) is 1.86. The van der Waals surface area contributed by atoms with E-state index in [1.54, 1.807) is 0 Å². The van der Waals surface area contributed by atoms with E-state index in [4.69, 9.17) is 10.9 Å². The highest BCUT2D eigenvalue weighted by Gasteiger charge is 2.17. The Morgan fingerprint density at radius 1 is 1.29 bits per heavy atom. The Labute approximate surface area is 103 Å². The van der Waals surface area contributed by atoms with Gasteiger partial charge in [-0.05, 0) is 18.4 Å². The highest BCUT2D eigenvalue weighted by Crippen LogP contribution is 2.17. The molecule has 0 heterocycles. The molecule has 0 fully saturated rings. The zero-order valence-electron chi connectivity index (χ0n) is 10.4. The molecule has 0 amide bonds. The molecule has 0 bridgehead atoms. The van der Waals surface area contributed by atoms with Crippen molar-refractivity contribution in [2.45, 2.75) is 38.8 Å². The minimum absolute atomic E-state index is 0.0924. The van der Waals surface area contributed by atoms with E-state index >= 15 is 0 Å². The highest BCUT2D eigenvalue weighted by molar-refractivity contribution is 5.85. The molecule has 0 radical (unpaired) electrons. The first-order valence-electron chi connectivity index (χ1n) is 6.01. The van der Waals surface area contributed by atoms with Crippen LogP contribution < -0.4 is 11.1 Å². The standard InChI is InChI=1S/C13H21N3O/c1-3-11(10-8-6-5-7-9-10)15-12(4-2)13(14)16-17/h5-9,11-12,15,17H,3-4H2,1-2H3,(H2,14,16). The van der Waals surface area contributed by atoms with Gasteiger partial charge in [-0.15, -0.1) is 0 Å². The van der Waals surface area contributed by atoms with Crippen LogP contribution in [-0.2, 0) is 0 Å². The van der Waals surface area contributed by atoms with Gasteiger partial charge in [-0.2, -0.15) is 0 Å². The van der Waals surface area contributed by atoms with Crippen LogP contribution in [0.4, 0.5) is 0 Å². The minimum Gasteiger partial charge on any atom is -0.409 e. The molecule has 4 heteroatoms. The lowest BCUT2D eigenvalue weighted by Gasteiger charge is -2.23. The van der Waals surface area contributed by atoms with Crippen LogP contribution in [0.15, 0.2) is 35.5 Å². The molecule has 4 nitrogen and oxygen atoms in total. The van der Waals surface area contributed by atoms with Crippen LogP contribution in [0.2, 0.25) is 0 Å². The summed E-state index contributed by atoms with van der Waals surface area (Å²) in [6.45, 7) is 4.12. The molecular weight excluding hydrogens is 214 g/mol. The van der Waals surface area contributed by atoms with E-state index in [1.165, 1.54) is 5.56 Å². The largest absolute Gasteiger partial charge is 0.409 e. The van der Waals surface area contributed by atoms with Gasteiger partial charge in [0.1, 0.15) is 0 Å². The van der Waals surface area contributed by atoms with Gasteiger partial charge in [0, 0.05) is 6.04 Å². The smallest absolute Gasteiger partial charge is 0.156 e. The molecule has 0 saturated carbocycles. The molecule has 1 rings (SSSR count). The summed E-state index contributed by atoms with van der Waals surface area (Å²) in [5.74, 6) is 0.238. The van der Waals surface area contributed by atoms with Crippen molar-refractivity contribution in [2.24, 2.45) is 10.9 Å². The lowest BCUT2D eigenvalue weighted by atomic mass is 10.0. The van der Waals surface area contributed by atoms with E-state index in [9.17, 15) is 0 Å². The predicted octanol–water partition coefficient (Wildman–Crippen LogP) is 2.25. The maximum Gasteiger partial charge on any atom is 0.156 e. The average molecular weight is 235 g/mol. The number of rotatable bonds is 6. The van der Waals surface area contributed by atoms with Gasteiger partial charge in [0.25, 0.3) is 0 Å². The van der Waals surface area contributed by atoms with E-state index < -0.39 is 0 Å². The minimum atomic E-state index is -0.0924. The van der Waals surface area contributed by atoms with Crippen molar-refractivity contribution in [1.29, 1.82) is 0 Å². The van der Waals surface area contributed by atoms with Gasteiger partial charge in [0.15, 0.2) is 5.84 Å². The number of hydrogen-bond donors (Lipinski definition) is 3. The third kappa shape index (κ3) is 3.75. The zero-order chi connectivity index (χ0) is 12.7. The summed E-state index contributed by atoms with van der Waals surface area (Å²) in [6.07, 6.45) is 1.75. The summed E-state index contributed by atoms with van der Waals surface area (Å²) in [6, 6.07) is 10.3. The Kier molecular flexibility index (Phi) is 5.49. The topological polar surface area (TPSA) is 70.6 Å². The predicted molar refractivity (Wildman–Crippen MR) is 70.1 cm³/mol. The maximum atomic E-state index is 8.72. The van der Waals surface area contributed by atoms with E-state index in [0.29, 0.717) is 0 Å². The van der Waals surface area contributed by atoms with Gasteiger partial charge in [-0.3, -0.25) is 0 Å². The van der Waals surface area contributed by atoms with Crippen molar-refractivity contribution in [3.8, 4) is 0 Å². The second kappa shape index (κ2) is 6.91. The number of oxime groups is 1. The van der Waals surface area contributed by atoms with E-state index in [-0.39, 0.29) is 17.9 Å². The Hall–Kier alpha value is -1.55. The molecule has 1 aromatic rings. The number of hydrogen-bond acceptors (Lipinski definition) is 3. The maximum absolute atomic E-state index is 8.72. The summed E-state index contributed by atoms with van der Waals surface area (Å²) in [7, 11) is 0. The fraction of sp³-hybridized carbons (Fsp3) is 0.462. The molecule has 17 heavy (non-hydrogen) atoms. The van der Waals surface area contributed by atoms with Gasteiger partial charge < -0.3 is 16.3 Å². The molecule has 0 aliphatic carbocycles. The van der Waals surface area contributed by atoms with Crippen molar-refractivity contribution in [3.05, 3.63) is 35.9 Å². The number of nitrogens with one attached hydrogen (secondary N) is 1. The van der Waals surface area contributed by atoms with Crippen molar-refractivity contribution >= 4 is 5.84 Å². The summed E-state index contributed by atoms with van der Waals surface area (Å²) >= 11 is 0. The third-order valence-corrected chi connectivity index (χ3v) is 2.89. The van der Waals surface area contributed by atoms with Crippen molar-refractivity contribution in [1.82, 2.24) is 5.32 Å². The van der Waals surface area contributed by atoms with Crippen LogP contribution in [0, 0.1) is 0 Å². The first-order valence-corrected chi connectivity index (χ1v) is 6.01. The number of amidine groups is 1. The normalized spacial score (nSPS) is 15.5. The fourth-order valence-corrected chi connectivity index (χ4v) is 1.86. The third-order valence-electron chi connectivity index (χ3n) is 2.89. The van der Waals surface area contributed by atoms with Crippen LogP contribution >= 0.6 is 0 Å². The summed E-state index contributed by atoms with van der Waals surface area (Å²) in [5, 5.41) is 15.2. The van der Waals surface area contributed by atoms with E-state index in [0.717, 1.165) is 12.8 Å². The van der Waals surface area contributed by atoms with Crippen molar-refractivity contribution in [2.75, 3.05) is 0 Å². The Morgan fingerprint density at radius 3 is 2.41 bits per heavy atom. The quantitative estimate of drug-likeness (QED) is 0.306. The monoisotopic (exact) mass is 235 g/mol. The van der Waals surface area contributed by atoms with Gasteiger partial charge in [0.05, 0.1) is 6.04 Å². The van der Waals surface area contributed by atoms with E-state index in [1.807, 2.05) is 25.1 Å². The Balaban J connectivity index is 2.76. The highest BCUT2D eigenvalue weighted by atomic mass is 16.4. The molecule has 0 spiro atoms. The summed E-state index contributed by atoms with van der Waals surface area (Å²) in [4.78, 5) is 0. The van der Waals surface area contributed by atoms with Crippen LogP contribution in [0.25, 0.3) is 0 Å². The molecule has 94 valence electrons. The Morgan fingerprint density at radius 2 is 1.94 bits per heavy atom. The van der Waals surface area contributed by atoms with Gasteiger partial charge in [-0.1, -0.05) is 49.3 Å². The number of nitrogens with zero attached hydrogens (tertiary/aromatic N) is 1. The first-order chi connectivity index (χ1) is 8.22. The molecular formula is C13H21N3O. The number of benzene rings is 1. The molecule has 0 saturated heterocycles. The van der Waals surface area contributed by atoms with Crippen LogP contribution in [0.3, 0.4) is 0 Å². The molecule has 2 unspecified atom stereocenters. The van der Waals surface area contributed by atoms with Gasteiger partial charge >= 0.3 is 0 Å². The first kappa shape index (κ1) is 13.5. The Bertz CT molecular complexity index is 351. The van der Waals surface area contributed by atoms with Crippen LogP contribution in [0.5, 0.6) is 0 Å². The molecule has 0 aliphatic rings. The van der Waals surface area contributed by atoms with Crippen molar-refractivity contribution in [3.63, 3.8) is 0 Å². The molecule has 4 N–H and O–H groups in total. The van der Waals surface area contributed by atoms with Gasteiger partial charge in [0.2, 0.25) is 0 Å². The van der Waals surface area contributed by atoms with Crippen molar-refractivity contribution < 1.29 is 5.21 Å². The second-order valence-electron chi connectivity index (χ2n) is 4.02. The second-order valence-corrected chi connectivity index (χ2v) is 4.02. The molecule has 0 aromatic heterocycles. The summed E-state index contributed by atoms with van der Waals surface area (Å²) in [5.41, 5.74) is 6.87. The zero-order valence-corrected chi connectivity index (χ0v) is 10.4. The molecule has 1 aromatic carbocycles. The van der Waals surface area contributed by atoms with Gasteiger partial charge in [-0.25, -0.2) is 0 Å². The number of nitrogens with two attached hydrogens (primary N) is 1. The summed E-state index contributed by atoms with van der Waals surface area (Å²) < 4.78 is 0. The molecule has 2 atom stereocenters. The van der Waals surface area contributed by atoms with Crippen LogP contribution in [-0.4, -0.2) is 17.1 Å². The van der Waals surface area contributed by atoms with E-state index in [2.05, 4.69) is 29.5 Å². The van der Waals surface area contributed by atoms with Crippen LogP contribution in [0.1, 0.15) is 38.3 Å². The lowest BCUT2D eigenvalue weighted by Crippen LogP contribution is -2.42.